The number of fused-ring (bicyclic) bond motifs is 1. The van der Waals surface area contributed by atoms with Gasteiger partial charge in [0.2, 0.25) is 0 Å². The molecule has 2 N–H and O–H groups in total. The van der Waals surface area contributed by atoms with Gasteiger partial charge in [-0.25, -0.2) is 0 Å². The first-order valence-electron chi connectivity index (χ1n) is 5.81. The Morgan fingerprint density at radius 3 is 2.59 bits per heavy atom. The summed E-state index contributed by atoms with van der Waals surface area (Å²) in [5.74, 6) is -0.309. The van der Waals surface area contributed by atoms with E-state index in [-0.39, 0.29) is 11.7 Å². The number of aryl methyl sites for hydroxylation is 1. The predicted molar refractivity (Wildman–Crippen MR) is 67.8 cm³/mol. The molecule has 3 heteroatoms. The van der Waals surface area contributed by atoms with Crippen molar-refractivity contribution in [3.05, 3.63) is 35.5 Å². The molecule has 90 valence electrons. The van der Waals surface area contributed by atoms with Gasteiger partial charge >= 0.3 is 0 Å². The zero-order valence-corrected chi connectivity index (χ0v) is 10.3. The molecular weight excluding hydrogens is 214 g/mol. The van der Waals surface area contributed by atoms with Crippen LogP contribution in [0.25, 0.3) is 10.9 Å². The number of aliphatic hydroxyl groups is 1. The fraction of sp³-hybridized carbons (Fsp3) is 0.357. The summed E-state index contributed by atoms with van der Waals surface area (Å²) < 4.78 is 0. The minimum atomic E-state index is -1.04. The molecule has 0 aliphatic heterocycles. The SMILES string of the molecule is Cc1[nH]c2ccccc2c1C(O)C(=O)C(C)C. The van der Waals surface area contributed by atoms with Crippen molar-refractivity contribution in [3.8, 4) is 0 Å². The smallest absolute Gasteiger partial charge is 0.168 e. The minimum absolute atomic E-state index is 0.141. The number of H-pyrrole nitrogens is 1. The van der Waals surface area contributed by atoms with E-state index in [4.69, 9.17) is 0 Å². The maximum Gasteiger partial charge on any atom is 0.168 e. The molecule has 0 saturated carbocycles. The number of aromatic nitrogens is 1. The highest BCUT2D eigenvalue weighted by Gasteiger charge is 2.24. The Bertz CT molecular complexity index is 554. The number of Topliss-reactive ketones (excluding diaryl/α,β-unsaturated/α-hetero) is 1. The summed E-state index contributed by atoms with van der Waals surface area (Å²) in [5.41, 5.74) is 2.52. The lowest BCUT2D eigenvalue weighted by molar-refractivity contribution is -0.130. The molecule has 1 unspecified atom stereocenters. The van der Waals surface area contributed by atoms with Gasteiger partial charge in [0.25, 0.3) is 0 Å². The van der Waals surface area contributed by atoms with Crippen molar-refractivity contribution in [1.82, 2.24) is 4.98 Å². The number of nitrogens with one attached hydrogen (secondary N) is 1. The Kier molecular flexibility index (Phi) is 3.03. The number of aromatic amines is 1. The van der Waals surface area contributed by atoms with Crippen LogP contribution in [0.15, 0.2) is 24.3 Å². The monoisotopic (exact) mass is 231 g/mol. The highest BCUT2D eigenvalue weighted by atomic mass is 16.3. The fourth-order valence-corrected chi connectivity index (χ4v) is 2.11. The van der Waals surface area contributed by atoms with Gasteiger partial charge in [-0.15, -0.1) is 0 Å². The second-order valence-corrected chi connectivity index (χ2v) is 4.67. The molecule has 2 rings (SSSR count). The molecule has 0 saturated heterocycles. The fourth-order valence-electron chi connectivity index (χ4n) is 2.11. The molecule has 1 aromatic carbocycles. The first-order chi connectivity index (χ1) is 8.02. The average Bonchev–Trinajstić information content (AvgIpc) is 2.62. The van der Waals surface area contributed by atoms with E-state index < -0.39 is 6.10 Å². The number of ketones is 1. The Hall–Kier alpha value is -1.61. The molecule has 0 aliphatic rings. The zero-order chi connectivity index (χ0) is 12.6. The highest BCUT2D eigenvalue weighted by molar-refractivity contribution is 5.93. The zero-order valence-electron chi connectivity index (χ0n) is 10.3. The van der Waals surface area contributed by atoms with Crippen LogP contribution in [0.3, 0.4) is 0 Å². The van der Waals surface area contributed by atoms with Crippen molar-refractivity contribution in [2.75, 3.05) is 0 Å². The van der Waals surface area contributed by atoms with Crippen molar-refractivity contribution in [2.45, 2.75) is 26.9 Å². The van der Waals surface area contributed by atoms with Crippen LogP contribution in [0, 0.1) is 12.8 Å². The van der Waals surface area contributed by atoms with Crippen LogP contribution in [-0.2, 0) is 4.79 Å². The summed E-state index contributed by atoms with van der Waals surface area (Å²) in [5, 5.41) is 11.1. The molecule has 0 bridgehead atoms. The largest absolute Gasteiger partial charge is 0.380 e. The number of aliphatic hydroxyl groups excluding tert-OH is 1. The average molecular weight is 231 g/mol. The molecule has 3 nitrogen and oxygen atoms in total. The standard InChI is InChI=1S/C14H17NO2/c1-8(2)13(16)14(17)12-9(3)15-11-7-5-4-6-10(11)12/h4-8,14-15,17H,1-3H3. The number of hydrogen-bond acceptors (Lipinski definition) is 2. The third-order valence-electron chi connectivity index (χ3n) is 3.06. The number of benzene rings is 1. The molecule has 0 fully saturated rings. The summed E-state index contributed by atoms with van der Waals surface area (Å²) in [7, 11) is 0. The normalized spacial score (nSPS) is 13.2. The topological polar surface area (TPSA) is 53.1 Å². The van der Waals surface area contributed by atoms with Crippen molar-refractivity contribution in [3.63, 3.8) is 0 Å². The van der Waals surface area contributed by atoms with Crippen LogP contribution in [0.5, 0.6) is 0 Å². The molecule has 1 heterocycles. The van der Waals surface area contributed by atoms with E-state index in [0.717, 1.165) is 16.6 Å². The Labute approximate surface area is 100 Å². The van der Waals surface area contributed by atoms with Gasteiger partial charge in [-0.1, -0.05) is 32.0 Å². The first kappa shape index (κ1) is 11.9. The van der Waals surface area contributed by atoms with E-state index in [9.17, 15) is 9.90 Å². The van der Waals surface area contributed by atoms with Crippen molar-refractivity contribution in [1.29, 1.82) is 0 Å². The Morgan fingerprint density at radius 1 is 1.29 bits per heavy atom. The highest BCUT2D eigenvalue weighted by Crippen LogP contribution is 2.29. The lowest BCUT2D eigenvalue weighted by Gasteiger charge is -2.12. The van der Waals surface area contributed by atoms with Gasteiger partial charge in [-0.3, -0.25) is 4.79 Å². The summed E-state index contributed by atoms with van der Waals surface area (Å²) in [6.45, 7) is 5.48. The molecule has 1 aromatic heterocycles. The Morgan fingerprint density at radius 2 is 1.94 bits per heavy atom. The molecule has 0 spiro atoms. The second-order valence-electron chi connectivity index (χ2n) is 4.67. The molecule has 17 heavy (non-hydrogen) atoms. The van der Waals surface area contributed by atoms with Gasteiger partial charge in [0.05, 0.1) is 0 Å². The van der Waals surface area contributed by atoms with E-state index in [1.54, 1.807) is 13.8 Å². The van der Waals surface area contributed by atoms with Gasteiger partial charge in [-0.05, 0) is 13.0 Å². The van der Waals surface area contributed by atoms with Crippen LogP contribution >= 0.6 is 0 Å². The summed E-state index contributed by atoms with van der Waals surface area (Å²) >= 11 is 0. The number of rotatable bonds is 3. The lowest BCUT2D eigenvalue weighted by atomic mass is 9.96. The van der Waals surface area contributed by atoms with Crippen molar-refractivity contribution in [2.24, 2.45) is 5.92 Å². The quantitative estimate of drug-likeness (QED) is 0.853. The van der Waals surface area contributed by atoms with Crippen LogP contribution in [0.4, 0.5) is 0 Å². The number of carbonyl (C=O) groups excluding carboxylic acids is 1. The maximum absolute atomic E-state index is 11.9. The number of para-hydroxylation sites is 1. The predicted octanol–water partition coefficient (Wildman–Crippen LogP) is 2.73. The number of hydrogen-bond donors (Lipinski definition) is 2. The van der Waals surface area contributed by atoms with Crippen molar-refractivity contribution >= 4 is 16.7 Å². The van der Waals surface area contributed by atoms with E-state index >= 15 is 0 Å². The van der Waals surface area contributed by atoms with Gasteiger partial charge in [0.1, 0.15) is 6.10 Å². The molecule has 0 radical (unpaired) electrons. The summed E-state index contributed by atoms with van der Waals surface area (Å²) in [6, 6.07) is 7.70. The first-order valence-corrected chi connectivity index (χ1v) is 5.81. The molecule has 0 amide bonds. The molecule has 1 atom stereocenters. The van der Waals surface area contributed by atoms with E-state index in [2.05, 4.69) is 4.98 Å². The van der Waals surface area contributed by atoms with Crippen molar-refractivity contribution < 1.29 is 9.90 Å². The lowest BCUT2D eigenvalue weighted by Crippen LogP contribution is -2.18. The third kappa shape index (κ3) is 1.98. The van der Waals surface area contributed by atoms with Gasteiger partial charge in [-0.2, -0.15) is 0 Å². The van der Waals surface area contributed by atoms with E-state index in [1.807, 2.05) is 31.2 Å². The third-order valence-corrected chi connectivity index (χ3v) is 3.06. The Balaban J connectivity index is 2.55. The summed E-state index contributed by atoms with van der Waals surface area (Å²) in [4.78, 5) is 15.1. The van der Waals surface area contributed by atoms with Crippen LogP contribution < -0.4 is 0 Å². The van der Waals surface area contributed by atoms with Crippen LogP contribution in [-0.4, -0.2) is 15.9 Å². The molecular formula is C14H17NO2. The molecule has 0 aliphatic carbocycles. The maximum atomic E-state index is 11.9. The summed E-state index contributed by atoms with van der Waals surface area (Å²) in [6.07, 6.45) is -1.04. The second kappa shape index (κ2) is 4.34. The molecule has 2 aromatic rings. The van der Waals surface area contributed by atoms with Crippen LogP contribution in [0.2, 0.25) is 0 Å². The number of carbonyl (C=O) groups is 1. The van der Waals surface area contributed by atoms with E-state index in [1.165, 1.54) is 0 Å². The van der Waals surface area contributed by atoms with Gasteiger partial charge < -0.3 is 10.1 Å². The van der Waals surface area contributed by atoms with E-state index in [0.29, 0.717) is 5.56 Å². The van der Waals surface area contributed by atoms with Crippen LogP contribution in [0.1, 0.15) is 31.2 Å². The van der Waals surface area contributed by atoms with Gasteiger partial charge in [0, 0.05) is 28.1 Å². The minimum Gasteiger partial charge on any atom is -0.380 e. The van der Waals surface area contributed by atoms with Gasteiger partial charge in [0.15, 0.2) is 5.78 Å².